The van der Waals surface area contributed by atoms with Gasteiger partial charge in [-0.3, -0.25) is 10.1 Å². The van der Waals surface area contributed by atoms with E-state index in [0.717, 1.165) is 5.56 Å². The van der Waals surface area contributed by atoms with Crippen molar-refractivity contribution in [1.29, 1.82) is 0 Å². The first-order valence-electron chi connectivity index (χ1n) is 7.53. The Hall–Kier alpha value is -1.39. The van der Waals surface area contributed by atoms with Gasteiger partial charge < -0.3 is 9.64 Å². The highest BCUT2D eigenvalue weighted by molar-refractivity contribution is 5.85. The van der Waals surface area contributed by atoms with E-state index in [4.69, 9.17) is 4.74 Å². The molecule has 1 atom stereocenters. The summed E-state index contributed by atoms with van der Waals surface area (Å²) in [7, 11) is 0. The molecule has 2 aliphatic rings. The van der Waals surface area contributed by atoms with Crippen LogP contribution in [0, 0.1) is 0 Å². The average Bonchev–Trinajstić information content (AvgIpc) is 3.11. The van der Waals surface area contributed by atoms with E-state index < -0.39 is 0 Å². The van der Waals surface area contributed by atoms with Gasteiger partial charge in [0.25, 0.3) is 0 Å². The summed E-state index contributed by atoms with van der Waals surface area (Å²) in [5.74, 6) is 0.159. The van der Waals surface area contributed by atoms with Crippen molar-refractivity contribution < 1.29 is 9.53 Å². The van der Waals surface area contributed by atoms with E-state index in [1.165, 1.54) is 25.7 Å². The number of benzene rings is 1. The Labute approximate surface area is 120 Å². The van der Waals surface area contributed by atoms with E-state index in [2.05, 4.69) is 5.32 Å². The number of carbonyl (C=O) groups is 1. The Morgan fingerprint density at radius 2 is 1.95 bits per heavy atom. The quantitative estimate of drug-likeness (QED) is 0.894. The van der Waals surface area contributed by atoms with Gasteiger partial charge >= 0.3 is 0 Å². The molecule has 1 aliphatic carbocycles. The standard InChI is InChI=1S/C16H22N2O2/c19-16-15(13-6-2-1-3-7-13)17-12-18(16)10-11-20-14-8-4-5-9-14/h1-3,6-7,14-15,17H,4-5,8-12H2. The largest absolute Gasteiger partial charge is 0.376 e. The number of nitrogens with zero attached hydrogens (tertiary/aromatic N) is 1. The molecule has 4 heteroatoms. The molecule has 1 N–H and O–H groups in total. The van der Waals surface area contributed by atoms with Crippen molar-refractivity contribution in [1.82, 2.24) is 10.2 Å². The average molecular weight is 274 g/mol. The SMILES string of the molecule is O=C1C(c2ccccc2)NCN1CCOC1CCCC1. The number of ether oxygens (including phenoxy) is 1. The molecule has 4 nitrogen and oxygen atoms in total. The van der Waals surface area contributed by atoms with Crippen LogP contribution in [0.5, 0.6) is 0 Å². The maximum absolute atomic E-state index is 12.3. The van der Waals surface area contributed by atoms with Gasteiger partial charge in [-0.2, -0.15) is 0 Å². The predicted octanol–water partition coefficient (Wildman–Crippen LogP) is 2.08. The molecule has 1 aromatic rings. The molecule has 0 bridgehead atoms. The Bertz CT molecular complexity index is 443. The van der Waals surface area contributed by atoms with E-state index in [1.54, 1.807) is 0 Å². The first kappa shape index (κ1) is 13.6. The molecule has 1 saturated carbocycles. The van der Waals surface area contributed by atoms with Gasteiger partial charge in [0, 0.05) is 6.54 Å². The lowest BCUT2D eigenvalue weighted by Gasteiger charge is -2.17. The van der Waals surface area contributed by atoms with Gasteiger partial charge in [-0.05, 0) is 18.4 Å². The molecule has 1 aromatic carbocycles. The number of hydrogen-bond acceptors (Lipinski definition) is 3. The summed E-state index contributed by atoms with van der Waals surface area (Å²) >= 11 is 0. The predicted molar refractivity (Wildman–Crippen MR) is 77.1 cm³/mol. The molecule has 1 unspecified atom stereocenters. The minimum absolute atomic E-state index is 0.159. The Balaban J connectivity index is 1.48. The first-order valence-corrected chi connectivity index (χ1v) is 7.53. The van der Waals surface area contributed by atoms with Gasteiger partial charge in [0.05, 0.1) is 19.4 Å². The minimum atomic E-state index is -0.192. The van der Waals surface area contributed by atoms with E-state index in [0.29, 0.717) is 25.9 Å². The smallest absolute Gasteiger partial charge is 0.245 e. The fraction of sp³-hybridized carbons (Fsp3) is 0.562. The number of amides is 1. The Morgan fingerprint density at radius 1 is 1.20 bits per heavy atom. The number of rotatable bonds is 5. The summed E-state index contributed by atoms with van der Waals surface area (Å²) in [6.07, 6.45) is 5.35. The third kappa shape index (κ3) is 3.02. The van der Waals surface area contributed by atoms with Gasteiger partial charge in [0.1, 0.15) is 6.04 Å². The van der Waals surface area contributed by atoms with Crippen LogP contribution in [0.3, 0.4) is 0 Å². The van der Waals surface area contributed by atoms with Crippen molar-refractivity contribution >= 4 is 5.91 Å². The fourth-order valence-corrected chi connectivity index (χ4v) is 3.03. The highest BCUT2D eigenvalue weighted by Crippen LogP contribution is 2.22. The molecule has 0 aromatic heterocycles. The van der Waals surface area contributed by atoms with Crippen LogP contribution in [-0.4, -0.2) is 36.7 Å². The molecule has 1 saturated heterocycles. The van der Waals surface area contributed by atoms with E-state index in [-0.39, 0.29) is 11.9 Å². The second-order valence-electron chi connectivity index (χ2n) is 5.58. The van der Waals surface area contributed by atoms with Gasteiger partial charge in [-0.1, -0.05) is 43.2 Å². The summed E-state index contributed by atoms with van der Waals surface area (Å²) in [5, 5.41) is 3.27. The van der Waals surface area contributed by atoms with Crippen molar-refractivity contribution in [2.24, 2.45) is 0 Å². The normalized spacial score (nSPS) is 23.7. The van der Waals surface area contributed by atoms with Crippen molar-refractivity contribution in [2.75, 3.05) is 19.8 Å². The molecular weight excluding hydrogens is 252 g/mol. The van der Waals surface area contributed by atoms with Crippen LogP contribution in [-0.2, 0) is 9.53 Å². The molecule has 20 heavy (non-hydrogen) atoms. The fourth-order valence-electron chi connectivity index (χ4n) is 3.03. The van der Waals surface area contributed by atoms with E-state index >= 15 is 0 Å². The van der Waals surface area contributed by atoms with E-state index in [1.807, 2.05) is 35.2 Å². The number of hydrogen-bond donors (Lipinski definition) is 1. The second-order valence-corrected chi connectivity index (χ2v) is 5.58. The molecule has 3 rings (SSSR count). The van der Waals surface area contributed by atoms with Crippen molar-refractivity contribution in [2.45, 2.75) is 37.8 Å². The van der Waals surface area contributed by atoms with Crippen LogP contribution in [0.1, 0.15) is 37.3 Å². The van der Waals surface area contributed by atoms with Crippen molar-refractivity contribution in [3.05, 3.63) is 35.9 Å². The number of carbonyl (C=O) groups excluding carboxylic acids is 1. The molecule has 0 radical (unpaired) electrons. The van der Waals surface area contributed by atoms with Gasteiger partial charge in [-0.15, -0.1) is 0 Å². The molecule has 108 valence electrons. The zero-order chi connectivity index (χ0) is 13.8. The zero-order valence-corrected chi connectivity index (χ0v) is 11.8. The van der Waals surface area contributed by atoms with Crippen LogP contribution in [0.15, 0.2) is 30.3 Å². The van der Waals surface area contributed by atoms with Crippen LogP contribution >= 0.6 is 0 Å². The van der Waals surface area contributed by atoms with Gasteiger partial charge in [0.15, 0.2) is 0 Å². The molecule has 1 aliphatic heterocycles. The topological polar surface area (TPSA) is 41.6 Å². The molecule has 0 spiro atoms. The van der Waals surface area contributed by atoms with Crippen molar-refractivity contribution in [3.8, 4) is 0 Å². The second kappa shape index (κ2) is 6.37. The minimum Gasteiger partial charge on any atom is -0.376 e. The summed E-state index contributed by atoms with van der Waals surface area (Å²) in [5.41, 5.74) is 1.04. The molecule has 1 heterocycles. The monoisotopic (exact) mass is 274 g/mol. The lowest BCUT2D eigenvalue weighted by atomic mass is 10.1. The van der Waals surface area contributed by atoms with Gasteiger partial charge in [-0.25, -0.2) is 0 Å². The highest BCUT2D eigenvalue weighted by Gasteiger charge is 2.31. The molecular formula is C16H22N2O2. The lowest BCUT2D eigenvalue weighted by Crippen LogP contribution is -2.31. The Kier molecular flexibility index (Phi) is 4.33. The maximum Gasteiger partial charge on any atom is 0.245 e. The summed E-state index contributed by atoms with van der Waals surface area (Å²) < 4.78 is 5.83. The maximum atomic E-state index is 12.3. The summed E-state index contributed by atoms with van der Waals surface area (Å²) in [4.78, 5) is 14.2. The summed E-state index contributed by atoms with van der Waals surface area (Å²) in [6.45, 7) is 1.96. The van der Waals surface area contributed by atoms with Crippen LogP contribution in [0.2, 0.25) is 0 Å². The van der Waals surface area contributed by atoms with Crippen LogP contribution in [0.4, 0.5) is 0 Å². The van der Waals surface area contributed by atoms with Crippen LogP contribution in [0.25, 0.3) is 0 Å². The molecule has 2 fully saturated rings. The van der Waals surface area contributed by atoms with Crippen molar-refractivity contribution in [3.63, 3.8) is 0 Å². The van der Waals surface area contributed by atoms with Crippen LogP contribution < -0.4 is 5.32 Å². The third-order valence-electron chi connectivity index (χ3n) is 4.19. The summed E-state index contributed by atoms with van der Waals surface area (Å²) in [6, 6.07) is 9.70. The molecule has 1 amide bonds. The zero-order valence-electron chi connectivity index (χ0n) is 11.8. The first-order chi connectivity index (χ1) is 9.84. The van der Waals surface area contributed by atoms with Gasteiger partial charge in [0.2, 0.25) is 5.91 Å². The Morgan fingerprint density at radius 3 is 2.70 bits per heavy atom. The number of nitrogens with one attached hydrogen (secondary N) is 1. The lowest BCUT2D eigenvalue weighted by molar-refractivity contribution is -0.129. The third-order valence-corrected chi connectivity index (χ3v) is 4.19. The highest BCUT2D eigenvalue weighted by atomic mass is 16.5. The van der Waals surface area contributed by atoms with E-state index in [9.17, 15) is 4.79 Å².